The first-order valence-electron chi connectivity index (χ1n) is 5.72. The van der Waals surface area contributed by atoms with E-state index in [4.69, 9.17) is 11.6 Å². The summed E-state index contributed by atoms with van der Waals surface area (Å²) < 4.78 is 14.9. The van der Waals surface area contributed by atoms with E-state index in [1.54, 1.807) is 12.1 Å². The fourth-order valence-electron chi connectivity index (χ4n) is 1.80. The van der Waals surface area contributed by atoms with Crippen molar-refractivity contribution < 1.29 is 4.39 Å². The predicted molar refractivity (Wildman–Crippen MR) is 79.0 cm³/mol. The minimum Gasteiger partial charge on any atom is -0.329 e. The molecule has 0 aliphatic rings. The van der Waals surface area contributed by atoms with E-state index < -0.39 is 5.82 Å². The molecule has 1 aromatic heterocycles. The van der Waals surface area contributed by atoms with Crippen LogP contribution in [0.25, 0.3) is 10.2 Å². The third-order valence-corrected chi connectivity index (χ3v) is 3.96. The molecule has 3 rings (SSSR count). The summed E-state index contributed by atoms with van der Waals surface area (Å²) >= 11 is 7.24. The molecule has 0 radical (unpaired) electrons. The maximum atomic E-state index is 13.8. The Morgan fingerprint density at radius 2 is 2.11 bits per heavy atom. The van der Waals surface area contributed by atoms with Crippen LogP contribution in [0.2, 0.25) is 5.02 Å². The van der Waals surface area contributed by atoms with Crippen LogP contribution in [-0.4, -0.2) is 4.98 Å². The summed E-state index contributed by atoms with van der Waals surface area (Å²) in [5.41, 5.74) is 2.42. The molecule has 0 atom stereocenters. The number of fused-ring (bicyclic) bond motifs is 1. The standard InChI is InChI=1S/C14H10ClFN2S/c1-8-5-6-10-12(7-8)19-14(17-10)18-11-4-2-3-9(15)13(11)16/h2-7H,1H3,(H,17,18). The van der Waals surface area contributed by atoms with Crippen molar-refractivity contribution in [1.29, 1.82) is 0 Å². The van der Waals surface area contributed by atoms with E-state index in [0.29, 0.717) is 10.8 Å². The molecule has 0 unspecified atom stereocenters. The van der Waals surface area contributed by atoms with Gasteiger partial charge in [-0.3, -0.25) is 0 Å². The molecule has 0 aliphatic heterocycles. The highest BCUT2D eigenvalue weighted by Crippen LogP contribution is 2.31. The summed E-state index contributed by atoms with van der Waals surface area (Å²) in [5.74, 6) is -0.459. The molecule has 0 saturated heterocycles. The molecule has 0 saturated carbocycles. The van der Waals surface area contributed by atoms with Crippen molar-refractivity contribution >= 4 is 44.0 Å². The highest BCUT2D eigenvalue weighted by atomic mass is 35.5. The lowest BCUT2D eigenvalue weighted by Gasteiger charge is -2.04. The molecule has 5 heteroatoms. The summed E-state index contributed by atoms with van der Waals surface area (Å²) in [6.07, 6.45) is 0. The molecular formula is C14H10ClFN2S. The number of halogens is 2. The van der Waals surface area contributed by atoms with Gasteiger partial charge < -0.3 is 5.32 Å². The smallest absolute Gasteiger partial charge is 0.188 e. The van der Waals surface area contributed by atoms with Gasteiger partial charge in [0.2, 0.25) is 0 Å². The van der Waals surface area contributed by atoms with Crippen LogP contribution in [0.15, 0.2) is 36.4 Å². The zero-order chi connectivity index (χ0) is 13.4. The molecule has 0 aliphatic carbocycles. The van der Waals surface area contributed by atoms with Crippen LogP contribution < -0.4 is 5.32 Å². The first-order valence-corrected chi connectivity index (χ1v) is 6.91. The first-order chi connectivity index (χ1) is 9.13. The van der Waals surface area contributed by atoms with Gasteiger partial charge in [-0.05, 0) is 36.8 Å². The minimum atomic E-state index is -0.459. The normalized spacial score (nSPS) is 10.9. The SMILES string of the molecule is Cc1ccc2nc(Nc3cccc(Cl)c3F)sc2c1. The number of nitrogens with one attached hydrogen (secondary N) is 1. The molecule has 0 fully saturated rings. The van der Waals surface area contributed by atoms with Crippen LogP contribution >= 0.6 is 22.9 Å². The van der Waals surface area contributed by atoms with Gasteiger partial charge in [0.25, 0.3) is 0 Å². The van der Waals surface area contributed by atoms with Crippen LogP contribution in [0.5, 0.6) is 0 Å². The molecular weight excluding hydrogens is 283 g/mol. The average molecular weight is 293 g/mol. The maximum Gasteiger partial charge on any atom is 0.188 e. The number of aryl methyl sites for hydroxylation is 1. The van der Waals surface area contributed by atoms with Gasteiger partial charge in [0.15, 0.2) is 10.9 Å². The van der Waals surface area contributed by atoms with E-state index in [9.17, 15) is 4.39 Å². The van der Waals surface area contributed by atoms with Gasteiger partial charge >= 0.3 is 0 Å². The quantitative estimate of drug-likeness (QED) is 0.707. The van der Waals surface area contributed by atoms with E-state index in [2.05, 4.69) is 16.4 Å². The molecule has 2 nitrogen and oxygen atoms in total. The third kappa shape index (κ3) is 2.41. The van der Waals surface area contributed by atoms with E-state index in [1.165, 1.54) is 23.0 Å². The van der Waals surface area contributed by atoms with Crippen molar-refractivity contribution in [2.75, 3.05) is 5.32 Å². The van der Waals surface area contributed by atoms with E-state index in [0.717, 1.165) is 10.2 Å². The Bertz CT molecular complexity index is 754. The second kappa shape index (κ2) is 4.79. The number of hydrogen-bond donors (Lipinski definition) is 1. The summed E-state index contributed by atoms with van der Waals surface area (Å²) in [5, 5.41) is 3.72. The van der Waals surface area contributed by atoms with Crippen molar-refractivity contribution in [1.82, 2.24) is 4.98 Å². The largest absolute Gasteiger partial charge is 0.329 e. The Hall–Kier alpha value is -1.65. The fraction of sp³-hybridized carbons (Fsp3) is 0.0714. The average Bonchev–Trinajstić information content (AvgIpc) is 2.76. The van der Waals surface area contributed by atoms with E-state index in [-0.39, 0.29) is 5.02 Å². The summed E-state index contributed by atoms with van der Waals surface area (Å²) in [4.78, 5) is 4.42. The highest BCUT2D eigenvalue weighted by molar-refractivity contribution is 7.22. The van der Waals surface area contributed by atoms with Crippen molar-refractivity contribution in [2.45, 2.75) is 6.92 Å². The molecule has 0 spiro atoms. The number of aromatic nitrogens is 1. The Morgan fingerprint density at radius 1 is 1.26 bits per heavy atom. The van der Waals surface area contributed by atoms with Crippen LogP contribution in [-0.2, 0) is 0 Å². The van der Waals surface area contributed by atoms with Crippen LogP contribution in [0.4, 0.5) is 15.2 Å². The summed E-state index contributed by atoms with van der Waals surface area (Å²) in [6, 6.07) is 10.9. The molecule has 3 aromatic rings. The van der Waals surface area contributed by atoms with Gasteiger partial charge in [-0.25, -0.2) is 9.37 Å². The van der Waals surface area contributed by atoms with Gasteiger partial charge in [-0.2, -0.15) is 0 Å². The number of anilines is 2. The first kappa shape index (κ1) is 12.4. The summed E-state index contributed by atoms with van der Waals surface area (Å²) in [7, 11) is 0. The molecule has 1 heterocycles. The monoisotopic (exact) mass is 292 g/mol. The number of nitrogens with zero attached hydrogens (tertiary/aromatic N) is 1. The molecule has 1 N–H and O–H groups in total. The number of rotatable bonds is 2. The van der Waals surface area contributed by atoms with Gasteiger partial charge in [-0.1, -0.05) is 35.1 Å². The highest BCUT2D eigenvalue weighted by Gasteiger charge is 2.09. The van der Waals surface area contributed by atoms with Gasteiger partial charge in [-0.15, -0.1) is 0 Å². The van der Waals surface area contributed by atoms with Gasteiger partial charge in [0.1, 0.15) is 0 Å². The Kier molecular flexibility index (Phi) is 3.12. The third-order valence-electron chi connectivity index (χ3n) is 2.74. The van der Waals surface area contributed by atoms with E-state index in [1.807, 2.05) is 19.1 Å². The van der Waals surface area contributed by atoms with Crippen LogP contribution in [0.1, 0.15) is 5.56 Å². The second-order valence-electron chi connectivity index (χ2n) is 4.22. The van der Waals surface area contributed by atoms with Gasteiger partial charge in [0, 0.05) is 0 Å². The lowest BCUT2D eigenvalue weighted by atomic mass is 10.2. The van der Waals surface area contributed by atoms with E-state index >= 15 is 0 Å². The molecule has 0 bridgehead atoms. The zero-order valence-corrected chi connectivity index (χ0v) is 11.6. The Morgan fingerprint density at radius 3 is 2.95 bits per heavy atom. The Labute approximate surface area is 118 Å². The number of benzene rings is 2. The topological polar surface area (TPSA) is 24.9 Å². The van der Waals surface area contributed by atoms with Crippen LogP contribution in [0.3, 0.4) is 0 Å². The zero-order valence-electron chi connectivity index (χ0n) is 10.1. The molecule has 0 amide bonds. The second-order valence-corrected chi connectivity index (χ2v) is 5.65. The number of hydrogen-bond acceptors (Lipinski definition) is 3. The van der Waals surface area contributed by atoms with Crippen molar-refractivity contribution in [3.05, 3.63) is 52.8 Å². The maximum absolute atomic E-state index is 13.8. The fourth-order valence-corrected chi connectivity index (χ4v) is 2.95. The summed E-state index contributed by atoms with van der Waals surface area (Å²) in [6.45, 7) is 2.03. The Balaban J connectivity index is 1.99. The number of thiazole rings is 1. The van der Waals surface area contributed by atoms with Crippen LogP contribution in [0, 0.1) is 12.7 Å². The van der Waals surface area contributed by atoms with Crippen molar-refractivity contribution in [3.63, 3.8) is 0 Å². The lowest BCUT2D eigenvalue weighted by molar-refractivity contribution is 0.632. The van der Waals surface area contributed by atoms with Crippen molar-refractivity contribution in [2.24, 2.45) is 0 Å². The van der Waals surface area contributed by atoms with Crippen molar-refractivity contribution in [3.8, 4) is 0 Å². The lowest BCUT2D eigenvalue weighted by Crippen LogP contribution is -1.93. The molecule has 96 valence electrons. The molecule has 2 aromatic carbocycles. The predicted octanol–water partition coefficient (Wildman–Crippen LogP) is 5.14. The van der Waals surface area contributed by atoms with Gasteiger partial charge in [0.05, 0.1) is 20.9 Å². The molecule has 19 heavy (non-hydrogen) atoms. The minimum absolute atomic E-state index is 0.0990.